The predicted molar refractivity (Wildman–Crippen MR) is 71.2 cm³/mol. The molecule has 4 nitrogen and oxygen atoms in total. The zero-order valence-electron chi connectivity index (χ0n) is 11.8. The maximum Gasteiger partial charge on any atom is 0.500 e. The van der Waals surface area contributed by atoms with Crippen molar-refractivity contribution in [1.29, 1.82) is 0 Å². The molecule has 0 aliphatic heterocycles. The second-order valence-corrected chi connectivity index (χ2v) is 7.16. The Bertz CT molecular complexity index is 154. The van der Waals surface area contributed by atoms with Crippen LogP contribution < -0.4 is 0 Å². The molecule has 5 heteroatoms. The lowest BCUT2D eigenvalue weighted by Crippen LogP contribution is -2.42. The van der Waals surface area contributed by atoms with Gasteiger partial charge in [0.15, 0.2) is 0 Å². The summed E-state index contributed by atoms with van der Waals surface area (Å²) < 4.78 is 21.5. The van der Waals surface area contributed by atoms with Gasteiger partial charge in [-0.3, -0.25) is 0 Å². The zero-order valence-corrected chi connectivity index (χ0v) is 12.8. The summed E-state index contributed by atoms with van der Waals surface area (Å²) >= 11 is 0. The maximum atomic E-state index is 5.43. The van der Waals surface area contributed by atoms with E-state index in [1.165, 1.54) is 12.8 Å². The van der Waals surface area contributed by atoms with Gasteiger partial charge in [0.25, 0.3) is 0 Å². The minimum atomic E-state index is -2.33. The van der Waals surface area contributed by atoms with Crippen molar-refractivity contribution in [2.75, 3.05) is 34.5 Å². The van der Waals surface area contributed by atoms with Gasteiger partial charge in [0.1, 0.15) is 0 Å². The van der Waals surface area contributed by atoms with E-state index in [0.29, 0.717) is 0 Å². The molecule has 0 amide bonds. The molecule has 0 rings (SSSR count). The Hall–Kier alpha value is 0.0569. The molecular formula is C12H28O4Si. The van der Waals surface area contributed by atoms with Gasteiger partial charge >= 0.3 is 8.80 Å². The van der Waals surface area contributed by atoms with Crippen LogP contribution in [-0.4, -0.2) is 43.3 Å². The largest absolute Gasteiger partial charge is 0.500 e. The highest BCUT2D eigenvalue weighted by atomic mass is 28.4. The molecule has 0 bridgehead atoms. The molecule has 0 N–H and O–H groups in total. The van der Waals surface area contributed by atoms with Gasteiger partial charge in [0.05, 0.1) is 0 Å². The third kappa shape index (κ3) is 7.89. The van der Waals surface area contributed by atoms with E-state index in [-0.39, 0.29) is 0 Å². The molecule has 17 heavy (non-hydrogen) atoms. The first-order valence-corrected chi connectivity index (χ1v) is 8.41. The molecule has 0 unspecified atom stereocenters. The molecule has 0 aliphatic carbocycles. The van der Waals surface area contributed by atoms with Crippen molar-refractivity contribution >= 4 is 8.80 Å². The fourth-order valence-corrected chi connectivity index (χ4v) is 3.50. The number of rotatable bonds is 12. The van der Waals surface area contributed by atoms with Crippen LogP contribution in [0.25, 0.3) is 0 Å². The Morgan fingerprint density at radius 1 is 0.765 bits per heavy atom. The van der Waals surface area contributed by atoms with Gasteiger partial charge in [-0.05, 0) is 19.3 Å². The van der Waals surface area contributed by atoms with Crippen LogP contribution in [0.15, 0.2) is 0 Å². The summed E-state index contributed by atoms with van der Waals surface area (Å²) in [6, 6.07) is 0.895. The molecule has 104 valence electrons. The number of unbranched alkanes of at least 4 members (excludes halogenated alkanes) is 3. The fourth-order valence-electron chi connectivity index (χ4n) is 1.70. The summed E-state index contributed by atoms with van der Waals surface area (Å²) in [4.78, 5) is 0. The first kappa shape index (κ1) is 17.1. The Kier molecular flexibility index (Phi) is 11.2. The molecule has 0 atom stereocenters. The van der Waals surface area contributed by atoms with Gasteiger partial charge in [-0.15, -0.1) is 0 Å². The quantitative estimate of drug-likeness (QED) is 0.401. The predicted octanol–water partition coefficient (Wildman–Crippen LogP) is 2.85. The van der Waals surface area contributed by atoms with Crippen molar-refractivity contribution < 1.29 is 18.0 Å². The monoisotopic (exact) mass is 264 g/mol. The van der Waals surface area contributed by atoms with Gasteiger partial charge < -0.3 is 18.0 Å². The highest BCUT2D eigenvalue weighted by Crippen LogP contribution is 2.17. The second kappa shape index (κ2) is 11.2. The maximum absolute atomic E-state index is 5.43. The summed E-state index contributed by atoms with van der Waals surface area (Å²) in [5.74, 6) is 0. The van der Waals surface area contributed by atoms with Crippen molar-refractivity contribution in [3.8, 4) is 0 Å². The van der Waals surface area contributed by atoms with Crippen LogP contribution in [0.4, 0.5) is 0 Å². The lowest BCUT2D eigenvalue weighted by Gasteiger charge is -2.24. The van der Waals surface area contributed by atoms with Gasteiger partial charge in [0, 0.05) is 40.6 Å². The smallest absolute Gasteiger partial charge is 0.381 e. The number of hydrogen-bond donors (Lipinski definition) is 0. The second-order valence-electron chi connectivity index (χ2n) is 4.07. The van der Waals surface area contributed by atoms with Crippen molar-refractivity contribution in [2.24, 2.45) is 0 Å². The molecular weight excluding hydrogens is 236 g/mol. The minimum Gasteiger partial charge on any atom is -0.381 e. The van der Waals surface area contributed by atoms with Crippen LogP contribution in [0.3, 0.4) is 0 Å². The molecule has 0 aliphatic rings. The molecule has 0 saturated carbocycles. The molecule has 0 spiro atoms. The van der Waals surface area contributed by atoms with Crippen LogP contribution in [-0.2, 0) is 18.0 Å². The van der Waals surface area contributed by atoms with E-state index >= 15 is 0 Å². The number of ether oxygens (including phenoxy) is 1. The molecule has 0 aromatic heterocycles. The summed E-state index contributed by atoms with van der Waals surface area (Å²) in [6.07, 6.45) is 5.71. The van der Waals surface area contributed by atoms with E-state index in [1.54, 1.807) is 21.3 Å². The highest BCUT2D eigenvalue weighted by Gasteiger charge is 2.36. The third-order valence-electron chi connectivity index (χ3n) is 2.80. The van der Waals surface area contributed by atoms with Gasteiger partial charge in [-0.1, -0.05) is 19.8 Å². The van der Waals surface area contributed by atoms with E-state index in [4.69, 9.17) is 18.0 Å². The summed E-state index contributed by atoms with van der Waals surface area (Å²) in [7, 11) is 2.66. The average molecular weight is 264 g/mol. The first-order chi connectivity index (χ1) is 8.24. The van der Waals surface area contributed by atoms with E-state index in [2.05, 4.69) is 6.92 Å². The summed E-state index contributed by atoms with van der Waals surface area (Å²) in [5.41, 5.74) is 0. The molecule has 0 fully saturated rings. The van der Waals surface area contributed by atoms with Crippen LogP contribution >= 0.6 is 0 Å². The standard InChI is InChI=1S/C12H28O4Si/c1-5-10-16-11-8-6-7-9-12-17(13-2,14-3)15-4/h5-12H2,1-4H3. The molecule has 0 aromatic carbocycles. The molecule has 0 aromatic rings. The average Bonchev–Trinajstić information content (AvgIpc) is 2.38. The topological polar surface area (TPSA) is 36.9 Å². The van der Waals surface area contributed by atoms with Crippen molar-refractivity contribution in [3.05, 3.63) is 0 Å². The zero-order chi connectivity index (χ0) is 13.0. The Morgan fingerprint density at radius 3 is 1.88 bits per heavy atom. The van der Waals surface area contributed by atoms with Crippen LogP contribution in [0.1, 0.15) is 39.0 Å². The van der Waals surface area contributed by atoms with E-state index in [1.807, 2.05) is 0 Å². The van der Waals surface area contributed by atoms with Gasteiger partial charge in [-0.2, -0.15) is 0 Å². The van der Waals surface area contributed by atoms with Gasteiger partial charge in [0.2, 0.25) is 0 Å². The Labute approximate surface area is 107 Å². The summed E-state index contributed by atoms with van der Waals surface area (Å²) in [5, 5.41) is 0. The molecule has 0 saturated heterocycles. The van der Waals surface area contributed by atoms with Crippen molar-refractivity contribution in [3.63, 3.8) is 0 Å². The van der Waals surface area contributed by atoms with Crippen LogP contribution in [0.5, 0.6) is 0 Å². The molecule has 0 radical (unpaired) electrons. The highest BCUT2D eigenvalue weighted by molar-refractivity contribution is 6.60. The Morgan fingerprint density at radius 2 is 1.35 bits per heavy atom. The van der Waals surface area contributed by atoms with Crippen molar-refractivity contribution in [2.45, 2.75) is 45.1 Å². The molecule has 0 heterocycles. The van der Waals surface area contributed by atoms with Gasteiger partial charge in [-0.25, -0.2) is 0 Å². The third-order valence-corrected chi connectivity index (χ3v) is 5.64. The first-order valence-electron chi connectivity index (χ1n) is 6.48. The lowest BCUT2D eigenvalue weighted by atomic mass is 10.2. The minimum absolute atomic E-state index is 0.882. The SMILES string of the molecule is CCCOCCCCCC[Si](OC)(OC)OC. The van der Waals surface area contributed by atoms with E-state index in [9.17, 15) is 0 Å². The van der Waals surface area contributed by atoms with Crippen LogP contribution in [0.2, 0.25) is 6.04 Å². The Balaban J connectivity index is 3.43. The van der Waals surface area contributed by atoms with E-state index < -0.39 is 8.80 Å². The number of hydrogen-bond acceptors (Lipinski definition) is 4. The lowest BCUT2D eigenvalue weighted by molar-refractivity contribution is 0.121. The van der Waals surface area contributed by atoms with Crippen molar-refractivity contribution in [1.82, 2.24) is 0 Å². The fraction of sp³-hybridized carbons (Fsp3) is 1.00. The van der Waals surface area contributed by atoms with E-state index in [0.717, 1.165) is 38.5 Å². The van der Waals surface area contributed by atoms with Crippen LogP contribution in [0, 0.1) is 0 Å². The summed E-state index contributed by atoms with van der Waals surface area (Å²) in [6.45, 7) is 3.90. The normalized spacial score (nSPS) is 12.0.